The molecule has 1 aromatic heterocycles. The van der Waals surface area contributed by atoms with Gasteiger partial charge in [-0.3, -0.25) is 9.59 Å². The quantitative estimate of drug-likeness (QED) is 0.826. The Balaban J connectivity index is 1.71. The van der Waals surface area contributed by atoms with Crippen LogP contribution in [0.15, 0.2) is 47.3 Å². The molecule has 4 rings (SSSR count). The molecule has 2 aliphatic rings. The van der Waals surface area contributed by atoms with E-state index in [2.05, 4.69) is 10.3 Å². The zero-order chi connectivity index (χ0) is 18.8. The lowest BCUT2D eigenvalue weighted by molar-refractivity contribution is -0.119. The normalized spacial score (nSPS) is 19.8. The maximum absolute atomic E-state index is 12.5. The lowest BCUT2D eigenvalue weighted by atomic mass is 9.98. The van der Waals surface area contributed by atoms with Gasteiger partial charge in [0.1, 0.15) is 5.75 Å². The second kappa shape index (κ2) is 7.43. The summed E-state index contributed by atoms with van der Waals surface area (Å²) in [6.07, 6.45) is 5.54. The van der Waals surface area contributed by atoms with Crippen LogP contribution in [0.4, 0.5) is 0 Å². The number of aromatic amines is 1. The van der Waals surface area contributed by atoms with Crippen LogP contribution in [0, 0.1) is 0 Å². The van der Waals surface area contributed by atoms with Crippen molar-refractivity contribution in [3.63, 3.8) is 0 Å². The first-order valence-electron chi connectivity index (χ1n) is 9.62. The molecule has 5 nitrogen and oxygen atoms in total. The predicted octanol–water partition coefficient (Wildman–Crippen LogP) is 3.36. The van der Waals surface area contributed by atoms with Gasteiger partial charge in [0.05, 0.1) is 6.61 Å². The molecule has 1 atom stereocenters. The van der Waals surface area contributed by atoms with Gasteiger partial charge in [-0.1, -0.05) is 24.3 Å². The number of pyridine rings is 1. The number of hydrogen-bond donors (Lipinski definition) is 2. The van der Waals surface area contributed by atoms with E-state index in [0.29, 0.717) is 18.9 Å². The molecular formula is C22H24N2O3. The van der Waals surface area contributed by atoms with Crippen molar-refractivity contribution in [2.45, 2.75) is 44.6 Å². The standard InChI is InChI=1S/C22H24N2O3/c1-2-27-17-8-5-15(6-9-17)19(13-16-7-12-21(25)23-16)20-11-10-18(14-3-4-14)22(26)24-20/h5-6,8-11,13-14,16H,2-4,7,12H2,1H3,(H,23,25)(H,24,26)/b19-13+. The summed E-state index contributed by atoms with van der Waals surface area (Å²) in [7, 11) is 0. The highest BCUT2D eigenvalue weighted by Gasteiger charge is 2.26. The van der Waals surface area contributed by atoms with Crippen molar-refractivity contribution in [3.05, 3.63) is 69.6 Å². The Morgan fingerprint density at radius 3 is 2.48 bits per heavy atom. The number of aromatic nitrogens is 1. The fourth-order valence-electron chi connectivity index (χ4n) is 3.56. The number of benzene rings is 1. The molecule has 1 amide bonds. The molecule has 0 radical (unpaired) electrons. The summed E-state index contributed by atoms with van der Waals surface area (Å²) < 4.78 is 5.53. The number of rotatable bonds is 6. The van der Waals surface area contributed by atoms with Crippen molar-refractivity contribution >= 4 is 11.5 Å². The largest absolute Gasteiger partial charge is 0.494 e. The summed E-state index contributed by atoms with van der Waals surface area (Å²) in [4.78, 5) is 27.2. The zero-order valence-corrected chi connectivity index (χ0v) is 15.5. The average Bonchev–Trinajstić information content (AvgIpc) is 3.42. The minimum atomic E-state index is -0.0225. The van der Waals surface area contributed by atoms with Gasteiger partial charge < -0.3 is 15.0 Å². The van der Waals surface area contributed by atoms with Crippen LogP contribution < -0.4 is 15.6 Å². The molecule has 0 spiro atoms. The van der Waals surface area contributed by atoms with E-state index < -0.39 is 0 Å². The predicted molar refractivity (Wildman–Crippen MR) is 105 cm³/mol. The number of carbonyl (C=O) groups excluding carboxylic acids is 1. The molecule has 140 valence electrons. The van der Waals surface area contributed by atoms with Gasteiger partial charge in [0.25, 0.3) is 5.56 Å². The Hall–Kier alpha value is -2.82. The lowest BCUT2D eigenvalue weighted by Gasteiger charge is -2.13. The van der Waals surface area contributed by atoms with Crippen LogP contribution in [-0.2, 0) is 4.79 Å². The van der Waals surface area contributed by atoms with Crippen LogP contribution >= 0.6 is 0 Å². The average molecular weight is 364 g/mol. The molecule has 0 bridgehead atoms. The third-order valence-corrected chi connectivity index (χ3v) is 5.12. The van der Waals surface area contributed by atoms with Gasteiger partial charge in [0.15, 0.2) is 0 Å². The maximum atomic E-state index is 12.5. The van der Waals surface area contributed by atoms with Crippen molar-refractivity contribution in [1.29, 1.82) is 0 Å². The molecule has 1 aromatic carbocycles. The SMILES string of the molecule is CCOc1ccc(/C(=C\C2CCC(=O)N2)c2ccc(C3CC3)c(=O)[nH]2)cc1. The Bertz CT molecular complexity index is 923. The van der Waals surface area contributed by atoms with Crippen LogP contribution in [0.5, 0.6) is 5.75 Å². The Morgan fingerprint density at radius 2 is 1.89 bits per heavy atom. The molecule has 1 aliphatic heterocycles. The summed E-state index contributed by atoms with van der Waals surface area (Å²) in [6.45, 7) is 2.57. The molecule has 27 heavy (non-hydrogen) atoms. The Kier molecular flexibility index (Phi) is 4.84. The molecule has 1 unspecified atom stereocenters. The van der Waals surface area contributed by atoms with E-state index in [9.17, 15) is 9.59 Å². The molecule has 5 heteroatoms. The highest BCUT2D eigenvalue weighted by atomic mass is 16.5. The maximum Gasteiger partial charge on any atom is 0.251 e. The van der Waals surface area contributed by atoms with Gasteiger partial charge in [0.2, 0.25) is 5.91 Å². The number of hydrogen-bond acceptors (Lipinski definition) is 3. The summed E-state index contributed by atoms with van der Waals surface area (Å²) in [5.41, 5.74) is 3.54. The van der Waals surface area contributed by atoms with Crippen molar-refractivity contribution in [2.24, 2.45) is 0 Å². The second-order valence-electron chi connectivity index (χ2n) is 7.18. The van der Waals surface area contributed by atoms with Gasteiger partial charge in [0, 0.05) is 29.3 Å². The Labute approximate surface area is 158 Å². The van der Waals surface area contributed by atoms with E-state index >= 15 is 0 Å². The summed E-state index contributed by atoms with van der Waals surface area (Å²) in [5.74, 6) is 1.29. The van der Waals surface area contributed by atoms with Gasteiger partial charge >= 0.3 is 0 Å². The summed E-state index contributed by atoms with van der Waals surface area (Å²) >= 11 is 0. The molecule has 2 N–H and O–H groups in total. The highest BCUT2D eigenvalue weighted by molar-refractivity contribution is 5.82. The first kappa shape index (κ1) is 17.6. The second-order valence-corrected chi connectivity index (χ2v) is 7.18. The number of amides is 1. The van der Waals surface area contributed by atoms with E-state index in [1.807, 2.05) is 49.4 Å². The number of H-pyrrole nitrogens is 1. The Morgan fingerprint density at radius 1 is 1.11 bits per heavy atom. The van der Waals surface area contributed by atoms with Crippen LogP contribution in [0.25, 0.3) is 5.57 Å². The topological polar surface area (TPSA) is 71.2 Å². The van der Waals surface area contributed by atoms with Crippen molar-refractivity contribution in [3.8, 4) is 5.75 Å². The van der Waals surface area contributed by atoms with Crippen molar-refractivity contribution in [1.82, 2.24) is 10.3 Å². The molecule has 1 saturated carbocycles. The molecule has 1 saturated heterocycles. The number of ether oxygens (including phenoxy) is 1. The summed E-state index contributed by atoms with van der Waals surface area (Å²) in [5, 5.41) is 2.98. The van der Waals surface area contributed by atoms with E-state index in [-0.39, 0.29) is 17.5 Å². The minimum absolute atomic E-state index is 0.0118. The molecule has 2 heterocycles. The van der Waals surface area contributed by atoms with Crippen LogP contribution in [-0.4, -0.2) is 23.5 Å². The van der Waals surface area contributed by atoms with Crippen LogP contribution in [0.3, 0.4) is 0 Å². The van der Waals surface area contributed by atoms with Gasteiger partial charge in [-0.15, -0.1) is 0 Å². The van der Waals surface area contributed by atoms with Gasteiger partial charge in [-0.2, -0.15) is 0 Å². The zero-order valence-electron chi connectivity index (χ0n) is 15.5. The van der Waals surface area contributed by atoms with Crippen LogP contribution in [0.2, 0.25) is 0 Å². The lowest BCUT2D eigenvalue weighted by Crippen LogP contribution is -2.23. The van der Waals surface area contributed by atoms with E-state index in [1.54, 1.807) is 0 Å². The number of nitrogens with one attached hydrogen (secondary N) is 2. The molecule has 2 aromatic rings. The van der Waals surface area contributed by atoms with E-state index in [4.69, 9.17) is 4.74 Å². The first-order valence-corrected chi connectivity index (χ1v) is 9.62. The molecule has 2 fully saturated rings. The van der Waals surface area contributed by atoms with E-state index in [1.165, 1.54) is 0 Å². The minimum Gasteiger partial charge on any atom is -0.494 e. The van der Waals surface area contributed by atoms with E-state index in [0.717, 1.165) is 47.4 Å². The number of carbonyl (C=O) groups is 1. The summed E-state index contributed by atoms with van der Waals surface area (Å²) in [6, 6.07) is 11.7. The highest BCUT2D eigenvalue weighted by Crippen LogP contribution is 2.38. The molecular weight excluding hydrogens is 340 g/mol. The monoisotopic (exact) mass is 364 g/mol. The first-order chi connectivity index (χ1) is 13.1. The molecule has 1 aliphatic carbocycles. The van der Waals surface area contributed by atoms with Gasteiger partial charge in [-0.05, 0) is 55.9 Å². The third kappa shape index (κ3) is 3.97. The third-order valence-electron chi connectivity index (χ3n) is 5.12. The van der Waals surface area contributed by atoms with Crippen molar-refractivity contribution < 1.29 is 9.53 Å². The fraction of sp³-hybridized carbons (Fsp3) is 0.364. The van der Waals surface area contributed by atoms with Crippen LogP contribution in [0.1, 0.15) is 55.3 Å². The smallest absolute Gasteiger partial charge is 0.251 e. The van der Waals surface area contributed by atoms with Crippen molar-refractivity contribution in [2.75, 3.05) is 6.61 Å². The fourth-order valence-corrected chi connectivity index (χ4v) is 3.56. The van der Waals surface area contributed by atoms with Gasteiger partial charge in [-0.25, -0.2) is 0 Å².